The molecule has 0 bridgehead atoms. The number of hydrogen-bond acceptors (Lipinski definition) is 5. The van der Waals surface area contributed by atoms with Crippen molar-refractivity contribution >= 4 is 11.6 Å². The van der Waals surface area contributed by atoms with Gasteiger partial charge in [-0.1, -0.05) is 5.16 Å². The molecule has 0 spiro atoms. The van der Waals surface area contributed by atoms with Crippen LogP contribution in [0, 0.1) is 11.3 Å². The lowest BCUT2D eigenvalue weighted by Gasteiger charge is -2.09. The molecule has 6 heteroatoms. The molecule has 0 unspecified atom stereocenters. The maximum absolute atomic E-state index is 11.1. The number of carbonyl (C=O) groups excluding carboxylic acids is 1. The predicted molar refractivity (Wildman–Crippen MR) is 46.8 cm³/mol. The normalized spacial score (nSPS) is 10.8. The molecule has 0 saturated carbocycles. The summed E-state index contributed by atoms with van der Waals surface area (Å²) in [7, 11) is 4.86. The summed E-state index contributed by atoms with van der Waals surface area (Å²) in [5, 5.41) is 14.2. The van der Waals surface area contributed by atoms with Crippen molar-refractivity contribution in [3.63, 3.8) is 0 Å². The molecule has 0 atom stereocenters. The zero-order valence-corrected chi connectivity index (χ0v) is 7.87. The Bertz CT molecular complexity index is 241. The van der Waals surface area contributed by atoms with Crippen LogP contribution in [0.5, 0.6) is 0 Å². The predicted octanol–water partition coefficient (Wildman–Crippen LogP) is -0.852. The molecule has 0 saturated heterocycles. The Morgan fingerprint density at radius 2 is 2.31 bits per heavy atom. The summed E-state index contributed by atoms with van der Waals surface area (Å²) < 4.78 is 0. The summed E-state index contributed by atoms with van der Waals surface area (Å²) >= 11 is 0. The van der Waals surface area contributed by atoms with E-state index in [0.29, 0.717) is 6.67 Å². The largest absolute Gasteiger partial charge is 0.398 e. The molecule has 13 heavy (non-hydrogen) atoms. The maximum Gasteiger partial charge on any atom is 0.285 e. The smallest absolute Gasteiger partial charge is 0.285 e. The molecular formula is C7H12N4O2. The van der Waals surface area contributed by atoms with Gasteiger partial charge < -0.3 is 10.2 Å². The fourth-order valence-electron chi connectivity index (χ4n) is 0.518. The second-order valence-corrected chi connectivity index (χ2v) is 2.48. The van der Waals surface area contributed by atoms with E-state index in [-0.39, 0.29) is 5.71 Å². The molecule has 0 heterocycles. The van der Waals surface area contributed by atoms with Crippen LogP contribution < -0.4 is 5.32 Å². The zero-order chi connectivity index (χ0) is 10.3. The molecular weight excluding hydrogens is 172 g/mol. The first-order chi connectivity index (χ1) is 6.11. The number of rotatable bonds is 4. The van der Waals surface area contributed by atoms with E-state index < -0.39 is 5.91 Å². The van der Waals surface area contributed by atoms with Crippen molar-refractivity contribution in [1.82, 2.24) is 10.2 Å². The van der Waals surface area contributed by atoms with Gasteiger partial charge in [0.05, 0.1) is 6.67 Å². The van der Waals surface area contributed by atoms with E-state index >= 15 is 0 Å². The summed E-state index contributed by atoms with van der Waals surface area (Å²) in [6.45, 7) is 0.350. The quantitative estimate of drug-likeness (QED) is 0.350. The van der Waals surface area contributed by atoms with Crippen LogP contribution in [0.2, 0.25) is 0 Å². The fraction of sp³-hybridized carbons (Fsp3) is 0.571. The van der Waals surface area contributed by atoms with Crippen LogP contribution in [0.4, 0.5) is 0 Å². The molecule has 0 aliphatic heterocycles. The molecule has 0 fully saturated rings. The van der Waals surface area contributed by atoms with Gasteiger partial charge in [0.15, 0.2) is 0 Å². The number of nitrogens with zero attached hydrogens (tertiary/aromatic N) is 3. The van der Waals surface area contributed by atoms with Gasteiger partial charge in [-0.25, -0.2) is 0 Å². The Labute approximate surface area is 76.8 Å². The molecule has 0 aromatic heterocycles. The van der Waals surface area contributed by atoms with Crippen molar-refractivity contribution in [2.24, 2.45) is 5.16 Å². The van der Waals surface area contributed by atoms with Crippen LogP contribution in [-0.4, -0.2) is 44.4 Å². The zero-order valence-electron chi connectivity index (χ0n) is 7.87. The Morgan fingerprint density at radius 1 is 1.69 bits per heavy atom. The van der Waals surface area contributed by atoms with Gasteiger partial charge in [-0.05, 0) is 14.1 Å². The number of nitriles is 1. The van der Waals surface area contributed by atoms with E-state index in [9.17, 15) is 4.79 Å². The van der Waals surface area contributed by atoms with Gasteiger partial charge in [0, 0.05) is 0 Å². The lowest BCUT2D eigenvalue weighted by atomic mass is 10.4. The molecule has 1 N–H and O–H groups in total. The lowest BCUT2D eigenvalue weighted by molar-refractivity contribution is -0.115. The highest BCUT2D eigenvalue weighted by atomic mass is 16.6. The van der Waals surface area contributed by atoms with Crippen LogP contribution in [-0.2, 0) is 9.63 Å². The van der Waals surface area contributed by atoms with Crippen LogP contribution in [0.3, 0.4) is 0 Å². The first kappa shape index (κ1) is 11.4. The van der Waals surface area contributed by atoms with Crippen molar-refractivity contribution in [3.05, 3.63) is 0 Å². The monoisotopic (exact) mass is 184 g/mol. The fourth-order valence-corrected chi connectivity index (χ4v) is 0.518. The summed E-state index contributed by atoms with van der Waals surface area (Å²) in [6, 6.07) is 1.62. The average molecular weight is 184 g/mol. The first-order valence-electron chi connectivity index (χ1n) is 3.56. The molecule has 0 aliphatic rings. The second kappa shape index (κ2) is 5.97. The van der Waals surface area contributed by atoms with Crippen molar-refractivity contribution in [2.45, 2.75) is 0 Å². The molecule has 72 valence electrons. The standard InChI is InChI=1S/C7H12N4O2/c1-11(2)5-9-7(12)6(4-8)10-13-3/h5H2,1-3H3,(H,9,12)/b10-6+. The van der Waals surface area contributed by atoms with Crippen LogP contribution in [0.1, 0.15) is 0 Å². The molecule has 0 aliphatic carbocycles. The Kier molecular flexibility index (Phi) is 5.23. The molecule has 1 amide bonds. The molecule has 0 aromatic carbocycles. The number of nitrogens with one attached hydrogen (secondary N) is 1. The summed E-state index contributed by atoms with van der Waals surface area (Å²) in [4.78, 5) is 17.2. The van der Waals surface area contributed by atoms with E-state index in [4.69, 9.17) is 5.26 Å². The van der Waals surface area contributed by atoms with E-state index in [1.54, 1.807) is 25.1 Å². The Morgan fingerprint density at radius 3 is 2.69 bits per heavy atom. The van der Waals surface area contributed by atoms with Gasteiger partial charge in [-0.15, -0.1) is 0 Å². The Balaban J connectivity index is 4.10. The first-order valence-corrected chi connectivity index (χ1v) is 3.56. The minimum Gasteiger partial charge on any atom is -0.398 e. The average Bonchev–Trinajstić information content (AvgIpc) is 2.10. The van der Waals surface area contributed by atoms with E-state index in [1.807, 2.05) is 0 Å². The number of hydrogen-bond donors (Lipinski definition) is 1. The van der Waals surface area contributed by atoms with Crippen molar-refractivity contribution in [2.75, 3.05) is 27.9 Å². The van der Waals surface area contributed by atoms with E-state index in [2.05, 4.69) is 15.3 Å². The molecule has 0 rings (SSSR count). The highest BCUT2D eigenvalue weighted by Gasteiger charge is 2.10. The highest BCUT2D eigenvalue weighted by Crippen LogP contribution is 1.79. The van der Waals surface area contributed by atoms with Crippen molar-refractivity contribution < 1.29 is 9.63 Å². The van der Waals surface area contributed by atoms with Gasteiger partial charge in [0.1, 0.15) is 13.2 Å². The van der Waals surface area contributed by atoms with Crippen molar-refractivity contribution in [3.8, 4) is 6.07 Å². The molecule has 0 aromatic rings. The minimum absolute atomic E-state index is 0.288. The molecule has 6 nitrogen and oxygen atoms in total. The van der Waals surface area contributed by atoms with Crippen LogP contribution >= 0.6 is 0 Å². The highest BCUT2D eigenvalue weighted by molar-refractivity contribution is 6.44. The van der Waals surface area contributed by atoms with Gasteiger partial charge in [0.2, 0.25) is 5.71 Å². The summed E-state index contributed by atoms with van der Waals surface area (Å²) in [5.41, 5.74) is -0.288. The topological polar surface area (TPSA) is 77.7 Å². The summed E-state index contributed by atoms with van der Waals surface area (Å²) in [6.07, 6.45) is 0. The number of amides is 1. The lowest BCUT2D eigenvalue weighted by Crippen LogP contribution is -2.37. The van der Waals surface area contributed by atoms with Crippen LogP contribution in [0.15, 0.2) is 5.16 Å². The van der Waals surface area contributed by atoms with Gasteiger partial charge >= 0.3 is 0 Å². The SMILES string of the molecule is CO/N=C(\C#N)C(=O)NCN(C)C. The second-order valence-electron chi connectivity index (χ2n) is 2.48. The van der Waals surface area contributed by atoms with Gasteiger partial charge in [0.25, 0.3) is 5.91 Å². The molecule has 0 radical (unpaired) electrons. The minimum atomic E-state index is -0.543. The third kappa shape index (κ3) is 4.76. The van der Waals surface area contributed by atoms with Crippen LogP contribution in [0.25, 0.3) is 0 Å². The maximum atomic E-state index is 11.1. The third-order valence-electron chi connectivity index (χ3n) is 1.06. The Hall–Kier alpha value is -1.61. The van der Waals surface area contributed by atoms with E-state index in [0.717, 1.165) is 0 Å². The van der Waals surface area contributed by atoms with Gasteiger partial charge in [-0.3, -0.25) is 9.69 Å². The number of oxime groups is 1. The summed E-state index contributed by atoms with van der Waals surface area (Å²) in [5.74, 6) is -0.543. The van der Waals surface area contributed by atoms with Gasteiger partial charge in [-0.2, -0.15) is 5.26 Å². The van der Waals surface area contributed by atoms with Crippen molar-refractivity contribution in [1.29, 1.82) is 5.26 Å². The third-order valence-corrected chi connectivity index (χ3v) is 1.06. The van der Waals surface area contributed by atoms with E-state index in [1.165, 1.54) is 7.11 Å². The number of carbonyl (C=O) groups is 1.